The van der Waals surface area contributed by atoms with E-state index in [-0.39, 0.29) is 24.7 Å². The minimum absolute atomic E-state index is 0.0567. The van der Waals surface area contributed by atoms with E-state index in [0.717, 1.165) is 19.5 Å². The number of hydrogen-bond donors (Lipinski definition) is 2. The molecule has 2 nitrogen and oxygen atoms in total. The Labute approximate surface area is 83.2 Å². The standard InChI is InChI=1S/C10H18F2N2/c11-10(12)3-7-5-14-6-8(4-10)9(7)1-2-13/h7-9,14H,1-6,13H2. The van der Waals surface area contributed by atoms with E-state index in [2.05, 4.69) is 5.32 Å². The van der Waals surface area contributed by atoms with E-state index < -0.39 is 5.92 Å². The van der Waals surface area contributed by atoms with E-state index in [1.165, 1.54) is 0 Å². The number of nitrogens with two attached hydrogens (primary N) is 1. The summed E-state index contributed by atoms with van der Waals surface area (Å²) in [4.78, 5) is 0. The molecule has 0 aromatic carbocycles. The highest BCUT2D eigenvalue weighted by molar-refractivity contribution is 4.94. The van der Waals surface area contributed by atoms with Crippen molar-refractivity contribution in [3.8, 4) is 0 Å². The van der Waals surface area contributed by atoms with Crippen LogP contribution in [0.3, 0.4) is 0 Å². The van der Waals surface area contributed by atoms with Crippen LogP contribution in [0, 0.1) is 17.8 Å². The molecule has 0 aromatic heterocycles. The molecule has 1 aliphatic carbocycles. The molecule has 0 radical (unpaired) electrons. The van der Waals surface area contributed by atoms with Gasteiger partial charge in [-0.3, -0.25) is 0 Å². The topological polar surface area (TPSA) is 38.0 Å². The van der Waals surface area contributed by atoms with Crippen molar-refractivity contribution in [2.24, 2.45) is 23.5 Å². The second kappa shape index (κ2) is 3.74. The molecule has 1 saturated carbocycles. The van der Waals surface area contributed by atoms with Crippen molar-refractivity contribution in [3.05, 3.63) is 0 Å². The predicted octanol–water partition coefficient (Wildman–Crippen LogP) is 1.22. The third kappa shape index (κ3) is 1.91. The van der Waals surface area contributed by atoms with E-state index >= 15 is 0 Å². The van der Waals surface area contributed by atoms with Crippen molar-refractivity contribution >= 4 is 0 Å². The van der Waals surface area contributed by atoms with Crippen LogP contribution >= 0.6 is 0 Å². The van der Waals surface area contributed by atoms with Crippen LogP contribution in [0.2, 0.25) is 0 Å². The van der Waals surface area contributed by atoms with Gasteiger partial charge < -0.3 is 11.1 Å². The van der Waals surface area contributed by atoms with Crippen molar-refractivity contribution in [1.29, 1.82) is 0 Å². The molecular formula is C10H18F2N2. The zero-order valence-electron chi connectivity index (χ0n) is 8.31. The first-order valence-corrected chi connectivity index (χ1v) is 5.41. The van der Waals surface area contributed by atoms with Gasteiger partial charge in [0.25, 0.3) is 0 Å². The lowest BCUT2D eigenvalue weighted by atomic mass is 9.67. The first-order chi connectivity index (χ1) is 6.62. The summed E-state index contributed by atoms with van der Waals surface area (Å²) in [5.74, 6) is -1.72. The van der Waals surface area contributed by atoms with Gasteiger partial charge in [0.2, 0.25) is 5.92 Å². The van der Waals surface area contributed by atoms with Gasteiger partial charge in [-0.1, -0.05) is 0 Å². The maximum atomic E-state index is 13.3. The van der Waals surface area contributed by atoms with Gasteiger partial charge in [0.1, 0.15) is 0 Å². The van der Waals surface area contributed by atoms with Crippen LogP contribution < -0.4 is 11.1 Å². The maximum Gasteiger partial charge on any atom is 0.248 e. The van der Waals surface area contributed by atoms with Gasteiger partial charge in [0, 0.05) is 12.8 Å². The molecule has 2 aliphatic rings. The van der Waals surface area contributed by atoms with Gasteiger partial charge in [-0.05, 0) is 43.8 Å². The van der Waals surface area contributed by atoms with Crippen LogP contribution in [0.25, 0.3) is 0 Å². The zero-order valence-corrected chi connectivity index (χ0v) is 8.31. The lowest BCUT2D eigenvalue weighted by Crippen LogP contribution is -2.51. The molecule has 0 aromatic rings. The van der Waals surface area contributed by atoms with E-state index in [4.69, 9.17) is 5.73 Å². The molecule has 2 fully saturated rings. The molecule has 14 heavy (non-hydrogen) atoms. The van der Waals surface area contributed by atoms with Crippen LogP contribution in [0.1, 0.15) is 19.3 Å². The SMILES string of the molecule is NCCC1C2CNCC1CC(F)(F)C2. The summed E-state index contributed by atoms with van der Waals surface area (Å²) >= 11 is 0. The molecule has 2 atom stereocenters. The van der Waals surface area contributed by atoms with Gasteiger partial charge in [-0.25, -0.2) is 8.78 Å². The number of halogens is 2. The highest BCUT2D eigenvalue weighted by Gasteiger charge is 2.47. The fraction of sp³-hybridized carbons (Fsp3) is 1.00. The fourth-order valence-electron chi connectivity index (χ4n) is 3.10. The van der Waals surface area contributed by atoms with Crippen LogP contribution in [0.4, 0.5) is 8.78 Å². The van der Waals surface area contributed by atoms with E-state index in [0.29, 0.717) is 12.5 Å². The molecular weight excluding hydrogens is 186 g/mol. The van der Waals surface area contributed by atoms with Crippen molar-refractivity contribution in [2.45, 2.75) is 25.2 Å². The number of hydrogen-bond acceptors (Lipinski definition) is 2. The van der Waals surface area contributed by atoms with Crippen molar-refractivity contribution in [3.63, 3.8) is 0 Å². The Morgan fingerprint density at radius 3 is 2.29 bits per heavy atom. The number of fused-ring (bicyclic) bond motifs is 2. The van der Waals surface area contributed by atoms with Gasteiger partial charge in [-0.2, -0.15) is 0 Å². The molecule has 2 bridgehead atoms. The predicted molar refractivity (Wildman–Crippen MR) is 51.2 cm³/mol. The minimum atomic E-state index is -2.43. The van der Waals surface area contributed by atoms with Crippen LogP contribution in [0.5, 0.6) is 0 Å². The van der Waals surface area contributed by atoms with Gasteiger partial charge in [0.05, 0.1) is 0 Å². The lowest BCUT2D eigenvalue weighted by Gasteiger charge is -2.46. The summed E-state index contributed by atoms with van der Waals surface area (Å²) in [5, 5.41) is 3.24. The van der Waals surface area contributed by atoms with Gasteiger partial charge >= 0.3 is 0 Å². The molecule has 0 spiro atoms. The monoisotopic (exact) mass is 204 g/mol. The Balaban J connectivity index is 2.07. The normalized spacial score (nSPS) is 40.9. The van der Waals surface area contributed by atoms with Crippen molar-refractivity contribution < 1.29 is 8.78 Å². The van der Waals surface area contributed by atoms with Crippen LogP contribution in [0.15, 0.2) is 0 Å². The molecule has 82 valence electrons. The quantitative estimate of drug-likeness (QED) is 0.709. The molecule has 4 heteroatoms. The number of piperidine rings is 1. The molecule has 3 N–H and O–H groups in total. The van der Waals surface area contributed by atoms with Crippen molar-refractivity contribution in [1.82, 2.24) is 5.32 Å². The Bertz CT molecular complexity index is 192. The summed E-state index contributed by atoms with van der Waals surface area (Å²) in [7, 11) is 0. The fourth-order valence-corrected chi connectivity index (χ4v) is 3.10. The Morgan fingerprint density at radius 2 is 1.79 bits per heavy atom. The van der Waals surface area contributed by atoms with E-state index in [1.807, 2.05) is 0 Å². The highest BCUT2D eigenvalue weighted by Crippen LogP contribution is 2.46. The first kappa shape index (κ1) is 10.3. The van der Waals surface area contributed by atoms with Crippen LogP contribution in [-0.4, -0.2) is 25.6 Å². The third-order valence-electron chi connectivity index (χ3n) is 3.65. The van der Waals surface area contributed by atoms with Crippen molar-refractivity contribution in [2.75, 3.05) is 19.6 Å². The maximum absolute atomic E-state index is 13.3. The number of nitrogens with one attached hydrogen (secondary N) is 1. The average molecular weight is 204 g/mol. The summed E-state index contributed by atoms with van der Waals surface area (Å²) in [6.07, 6.45) is 1.02. The van der Waals surface area contributed by atoms with E-state index in [1.54, 1.807) is 0 Å². The number of alkyl halides is 2. The second-order valence-electron chi connectivity index (χ2n) is 4.68. The third-order valence-corrected chi connectivity index (χ3v) is 3.65. The summed E-state index contributed by atoms with van der Waals surface area (Å²) < 4.78 is 26.6. The zero-order chi connectivity index (χ0) is 10.2. The van der Waals surface area contributed by atoms with Crippen LogP contribution in [-0.2, 0) is 0 Å². The van der Waals surface area contributed by atoms with Gasteiger partial charge in [-0.15, -0.1) is 0 Å². The second-order valence-corrected chi connectivity index (χ2v) is 4.68. The minimum Gasteiger partial charge on any atom is -0.330 e. The smallest absolute Gasteiger partial charge is 0.248 e. The summed E-state index contributed by atoms with van der Waals surface area (Å²) in [5.41, 5.74) is 5.52. The highest BCUT2D eigenvalue weighted by atomic mass is 19.3. The first-order valence-electron chi connectivity index (χ1n) is 5.41. The Morgan fingerprint density at radius 1 is 1.21 bits per heavy atom. The molecule has 2 unspecified atom stereocenters. The average Bonchev–Trinajstić information content (AvgIpc) is 2.06. The molecule has 0 amide bonds. The number of rotatable bonds is 2. The molecule has 1 heterocycles. The molecule has 2 rings (SSSR count). The Hall–Kier alpha value is -0.220. The molecule has 1 aliphatic heterocycles. The summed E-state index contributed by atoms with van der Waals surface area (Å²) in [6.45, 7) is 2.12. The van der Waals surface area contributed by atoms with E-state index in [9.17, 15) is 8.78 Å². The molecule has 1 saturated heterocycles. The summed E-state index contributed by atoms with van der Waals surface area (Å²) in [6, 6.07) is 0. The Kier molecular flexibility index (Phi) is 2.75. The van der Waals surface area contributed by atoms with Gasteiger partial charge in [0.15, 0.2) is 0 Å². The lowest BCUT2D eigenvalue weighted by molar-refractivity contribution is -0.105. The largest absolute Gasteiger partial charge is 0.330 e.